The monoisotopic (exact) mass is 447 g/mol. The van der Waals surface area contributed by atoms with Crippen molar-refractivity contribution in [3.8, 4) is 5.75 Å². The van der Waals surface area contributed by atoms with Crippen molar-refractivity contribution in [2.75, 3.05) is 11.1 Å². The second kappa shape index (κ2) is 9.59. The van der Waals surface area contributed by atoms with E-state index < -0.39 is 4.92 Å². The summed E-state index contributed by atoms with van der Waals surface area (Å²) in [5.74, 6) is 0.952. The Hall–Kier alpha value is -3.11. The van der Waals surface area contributed by atoms with Crippen LogP contribution in [0, 0.1) is 24.0 Å². The molecule has 0 aliphatic carbocycles. The van der Waals surface area contributed by atoms with Crippen molar-refractivity contribution in [1.29, 1.82) is 0 Å². The zero-order valence-electron chi connectivity index (χ0n) is 16.1. The summed E-state index contributed by atoms with van der Waals surface area (Å²) in [7, 11) is 0. The van der Waals surface area contributed by atoms with Crippen LogP contribution in [-0.2, 0) is 11.4 Å². The van der Waals surface area contributed by atoms with Crippen LogP contribution in [0.2, 0.25) is 5.02 Å². The first kappa shape index (κ1) is 21.6. The number of thioether (sulfide) groups is 1. The number of hydrogen-bond acceptors (Lipinski definition) is 7. The maximum Gasteiger partial charge on any atom is 0.271 e. The lowest BCUT2D eigenvalue weighted by Gasteiger charge is -2.10. The summed E-state index contributed by atoms with van der Waals surface area (Å²) >= 11 is 7.10. The summed E-state index contributed by atoms with van der Waals surface area (Å²) in [6.45, 7) is 4.15. The maximum absolute atomic E-state index is 12.2. The molecule has 0 fully saturated rings. The number of aryl methyl sites for hydroxylation is 2. The van der Waals surface area contributed by atoms with E-state index >= 15 is 0 Å². The highest BCUT2D eigenvalue weighted by Crippen LogP contribution is 2.27. The van der Waals surface area contributed by atoms with Gasteiger partial charge in [-0.2, -0.15) is 0 Å². The quantitative estimate of drug-likeness (QED) is 0.300. The second-order valence-electron chi connectivity index (χ2n) is 6.33. The summed E-state index contributed by atoms with van der Waals surface area (Å²) in [5, 5.41) is 20.9. The van der Waals surface area contributed by atoms with Crippen LogP contribution < -0.4 is 10.1 Å². The van der Waals surface area contributed by atoms with E-state index in [0.29, 0.717) is 11.0 Å². The third kappa shape index (κ3) is 5.49. The number of aromatic amines is 1. The Morgan fingerprint density at radius 1 is 1.30 bits per heavy atom. The molecule has 0 aliphatic rings. The van der Waals surface area contributed by atoms with Crippen LogP contribution in [-0.4, -0.2) is 31.8 Å². The minimum atomic E-state index is -0.559. The van der Waals surface area contributed by atoms with Crippen LogP contribution in [0.25, 0.3) is 0 Å². The first-order valence-electron chi connectivity index (χ1n) is 8.80. The fourth-order valence-electron chi connectivity index (χ4n) is 2.61. The molecule has 0 spiro atoms. The van der Waals surface area contributed by atoms with E-state index in [1.807, 2.05) is 32.0 Å². The van der Waals surface area contributed by atoms with E-state index in [2.05, 4.69) is 20.5 Å². The molecule has 0 bridgehead atoms. The Labute approximate surface area is 181 Å². The van der Waals surface area contributed by atoms with Crippen molar-refractivity contribution in [3.63, 3.8) is 0 Å². The van der Waals surface area contributed by atoms with Gasteiger partial charge in [-0.05, 0) is 31.0 Å². The molecule has 0 aliphatic heterocycles. The molecular formula is C19H18ClN5O4S. The number of para-hydroxylation sites is 1. The lowest BCUT2D eigenvalue weighted by Crippen LogP contribution is -2.14. The van der Waals surface area contributed by atoms with Gasteiger partial charge >= 0.3 is 0 Å². The number of H-pyrrole nitrogens is 1. The highest BCUT2D eigenvalue weighted by atomic mass is 35.5. The average Bonchev–Trinajstić information content (AvgIpc) is 3.15. The number of amides is 1. The van der Waals surface area contributed by atoms with E-state index in [9.17, 15) is 14.9 Å². The number of ether oxygens (including phenoxy) is 1. The number of nitrogens with zero attached hydrogens (tertiary/aromatic N) is 3. The fourth-order valence-corrected chi connectivity index (χ4v) is 3.40. The van der Waals surface area contributed by atoms with Crippen molar-refractivity contribution in [1.82, 2.24) is 15.2 Å². The predicted octanol–water partition coefficient (Wildman–Crippen LogP) is 4.29. The molecule has 0 saturated carbocycles. The number of aromatic nitrogens is 3. The minimum absolute atomic E-state index is 0.00801. The van der Waals surface area contributed by atoms with Crippen molar-refractivity contribution >= 4 is 40.6 Å². The Bertz CT molecular complexity index is 1070. The van der Waals surface area contributed by atoms with Gasteiger partial charge in [0.15, 0.2) is 5.82 Å². The molecule has 156 valence electrons. The Morgan fingerprint density at radius 3 is 2.73 bits per heavy atom. The zero-order chi connectivity index (χ0) is 21.7. The summed E-state index contributed by atoms with van der Waals surface area (Å²) in [5.41, 5.74) is 2.07. The number of nitrogens with one attached hydrogen (secondary N) is 2. The highest BCUT2D eigenvalue weighted by Gasteiger charge is 2.14. The number of benzene rings is 2. The largest absolute Gasteiger partial charge is 0.485 e. The summed E-state index contributed by atoms with van der Waals surface area (Å²) in [6, 6.07) is 9.74. The highest BCUT2D eigenvalue weighted by molar-refractivity contribution is 7.99. The number of anilines is 1. The Morgan fingerprint density at radius 2 is 2.03 bits per heavy atom. The molecule has 2 aromatic carbocycles. The predicted molar refractivity (Wildman–Crippen MR) is 114 cm³/mol. The molecular weight excluding hydrogens is 430 g/mol. The topological polar surface area (TPSA) is 123 Å². The standard InChI is InChI=1S/C19H18ClN5O4S/c1-11-4-3-5-12(2)18(11)29-9-16-22-19(24-23-16)30-10-17(26)21-15-8-13(25(27)28)6-7-14(15)20/h3-8H,9-10H2,1-2H3,(H,21,26)(H,22,23,24). The number of carbonyl (C=O) groups excluding carboxylic acids is 1. The Kier molecular flexibility index (Phi) is 6.91. The van der Waals surface area contributed by atoms with Gasteiger partial charge in [-0.15, -0.1) is 5.10 Å². The molecule has 9 nitrogen and oxygen atoms in total. The van der Waals surface area contributed by atoms with Gasteiger partial charge < -0.3 is 10.1 Å². The molecule has 0 saturated heterocycles. The molecule has 0 atom stereocenters. The van der Waals surface area contributed by atoms with Crippen molar-refractivity contribution in [3.05, 3.63) is 68.5 Å². The van der Waals surface area contributed by atoms with Crippen LogP contribution in [0.15, 0.2) is 41.6 Å². The SMILES string of the molecule is Cc1cccc(C)c1OCc1nc(SCC(=O)Nc2cc([N+](=O)[O-])ccc2Cl)n[nH]1. The van der Waals surface area contributed by atoms with Crippen LogP contribution >= 0.6 is 23.4 Å². The number of nitro benzene ring substituents is 1. The van der Waals surface area contributed by atoms with Crippen molar-refractivity contribution < 1.29 is 14.5 Å². The zero-order valence-corrected chi connectivity index (χ0v) is 17.7. The molecule has 30 heavy (non-hydrogen) atoms. The lowest BCUT2D eigenvalue weighted by atomic mass is 10.1. The Balaban J connectivity index is 1.53. The minimum Gasteiger partial charge on any atom is -0.485 e. The number of halogens is 1. The molecule has 0 radical (unpaired) electrons. The number of non-ortho nitro benzene ring substituents is 1. The molecule has 1 amide bonds. The van der Waals surface area contributed by atoms with E-state index in [4.69, 9.17) is 16.3 Å². The molecule has 0 unspecified atom stereocenters. The van der Waals surface area contributed by atoms with Gasteiger partial charge in [-0.3, -0.25) is 20.0 Å². The molecule has 1 aromatic heterocycles. The number of nitro groups is 1. The van der Waals surface area contributed by atoms with Gasteiger partial charge in [0.05, 0.1) is 21.4 Å². The maximum atomic E-state index is 12.2. The van der Waals surface area contributed by atoms with Crippen LogP contribution in [0.1, 0.15) is 17.0 Å². The van der Waals surface area contributed by atoms with E-state index in [1.165, 1.54) is 18.2 Å². The van der Waals surface area contributed by atoms with Gasteiger partial charge in [0.25, 0.3) is 5.69 Å². The fraction of sp³-hybridized carbons (Fsp3) is 0.211. The number of carbonyl (C=O) groups is 1. The van der Waals surface area contributed by atoms with Crippen molar-refractivity contribution in [2.45, 2.75) is 25.6 Å². The van der Waals surface area contributed by atoms with Crippen LogP contribution in [0.4, 0.5) is 11.4 Å². The van der Waals surface area contributed by atoms with Gasteiger partial charge in [0.1, 0.15) is 12.4 Å². The third-order valence-corrected chi connectivity index (χ3v) is 5.22. The van der Waals surface area contributed by atoms with Crippen molar-refractivity contribution in [2.24, 2.45) is 0 Å². The first-order chi connectivity index (χ1) is 14.3. The van der Waals surface area contributed by atoms with Gasteiger partial charge in [-0.25, -0.2) is 4.98 Å². The van der Waals surface area contributed by atoms with E-state index in [1.54, 1.807) is 0 Å². The molecule has 11 heteroatoms. The van der Waals surface area contributed by atoms with Crippen LogP contribution in [0.3, 0.4) is 0 Å². The molecule has 2 N–H and O–H groups in total. The van der Waals surface area contributed by atoms with Crippen LogP contribution in [0.5, 0.6) is 5.75 Å². The van der Waals surface area contributed by atoms with Gasteiger partial charge in [0.2, 0.25) is 11.1 Å². The smallest absolute Gasteiger partial charge is 0.271 e. The number of hydrogen-bond donors (Lipinski definition) is 2. The molecule has 1 heterocycles. The summed E-state index contributed by atoms with van der Waals surface area (Å²) < 4.78 is 5.82. The lowest BCUT2D eigenvalue weighted by molar-refractivity contribution is -0.384. The third-order valence-electron chi connectivity index (χ3n) is 4.04. The van der Waals surface area contributed by atoms with E-state index in [0.717, 1.165) is 28.6 Å². The molecule has 3 rings (SSSR count). The van der Waals surface area contributed by atoms with E-state index in [-0.39, 0.29) is 34.7 Å². The van der Waals surface area contributed by atoms with Gasteiger partial charge in [0, 0.05) is 12.1 Å². The second-order valence-corrected chi connectivity index (χ2v) is 7.68. The molecule has 3 aromatic rings. The van der Waals surface area contributed by atoms with Gasteiger partial charge in [-0.1, -0.05) is 41.6 Å². The number of rotatable bonds is 8. The first-order valence-corrected chi connectivity index (χ1v) is 10.2. The average molecular weight is 448 g/mol. The normalized spacial score (nSPS) is 10.6. The summed E-state index contributed by atoms with van der Waals surface area (Å²) in [4.78, 5) is 26.8. The summed E-state index contributed by atoms with van der Waals surface area (Å²) in [6.07, 6.45) is 0.